The summed E-state index contributed by atoms with van der Waals surface area (Å²) in [6, 6.07) is 12.0. The minimum Gasteiger partial charge on any atom is -0.465 e. The molecule has 0 bridgehead atoms. The first kappa shape index (κ1) is 21.8. The fraction of sp³-hybridized carbons (Fsp3) is 0.316. The molecule has 0 N–H and O–H groups in total. The quantitative estimate of drug-likeness (QED) is 0.654. The third-order valence-electron chi connectivity index (χ3n) is 4.86. The van der Waals surface area contributed by atoms with Gasteiger partial charge in [-0.3, -0.25) is 0 Å². The number of benzene rings is 2. The molecule has 10 heteroatoms. The van der Waals surface area contributed by atoms with Crippen LogP contribution in [0.3, 0.4) is 0 Å². The Hall–Kier alpha value is -1.94. The van der Waals surface area contributed by atoms with E-state index in [1.807, 2.05) is 0 Å². The maximum atomic E-state index is 13.0. The largest absolute Gasteiger partial charge is 0.465 e. The van der Waals surface area contributed by atoms with Gasteiger partial charge in [0.1, 0.15) is 0 Å². The molecule has 1 saturated heterocycles. The van der Waals surface area contributed by atoms with Crippen LogP contribution in [0.1, 0.15) is 27.6 Å². The van der Waals surface area contributed by atoms with Crippen LogP contribution >= 0.6 is 11.6 Å². The normalized spacial score (nSPS) is 20.0. The van der Waals surface area contributed by atoms with Gasteiger partial charge in [0.05, 0.1) is 28.6 Å². The highest BCUT2D eigenvalue weighted by molar-refractivity contribution is 7.92. The molecule has 1 aliphatic rings. The molecule has 156 valence electrons. The van der Waals surface area contributed by atoms with Gasteiger partial charge in [-0.25, -0.2) is 21.6 Å². The van der Waals surface area contributed by atoms with E-state index < -0.39 is 31.1 Å². The van der Waals surface area contributed by atoms with Crippen LogP contribution in [0.2, 0.25) is 5.02 Å². The second-order valence-electron chi connectivity index (χ2n) is 6.59. The Morgan fingerprint density at radius 2 is 1.76 bits per heavy atom. The SMILES string of the molecule is COC(=O)c1ccc(S(=O)(=O)N2CCC(c3ccccc3Cl)S(=O)(=O)CC2)cc1. The summed E-state index contributed by atoms with van der Waals surface area (Å²) in [5, 5.41) is -0.520. The molecule has 7 nitrogen and oxygen atoms in total. The molecule has 1 fully saturated rings. The van der Waals surface area contributed by atoms with Gasteiger partial charge in [0, 0.05) is 18.1 Å². The van der Waals surface area contributed by atoms with Crippen molar-refractivity contribution in [2.45, 2.75) is 16.6 Å². The van der Waals surface area contributed by atoms with E-state index in [9.17, 15) is 21.6 Å². The third-order valence-corrected chi connectivity index (χ3v) is 9.23. The molecule has 29 heavy (non-hydrogen) atoms. The zero-order chi connectivity index (χ0) is 21.2. The number of carbonyl (C=O) groups is 1. The van der Waals surface area contributed by atoms with Crippen LogP contribution in [0.4, 0.5) is 0 Å². The molecule has 0 amide bonds. The van der Waals surface area contributed by atoms with Crippen LogP contribution in [0.5, 0.6) is 0 Å². The van der Waals surface area contributed by atoms with Gasteiger partial charge in [0.15, 0.2) is 9.84 Å². The van der Waals surface area contributed by atoms with Crippen LogP contribution < -0.4 is 0 Å². The summed E-state index contributed by atoms with van der Waals surface area (Å²) in [4.78, 5) is 11.5. The lowest BCUT2D eigenvalue weighted by Gasteiger charge is -2.20. The Bertz CT molecular complexity index is 1110. The van der Waals surface area contributed by atoms with Crippen LogP contribution in [0, 0.1) is 0 Å². The van der Waals surface area contributed by atoms with Gasteiger partial charge in [0.25, 0.3) is 0 Å². The Labute approximate surface area is 175 Å². The predicted molar refractivity (Wildman–Crippen MR) is 109 cm³/mol. The van der Waals surface area contributed by atoms with Crippen molar-refractivity contribution in [2.24, 2.45) is 0 Å². The first-order valence-electron chi connectivity index (χ1n) is 8.81. The molecule has 0 aromatic heterocycles. The van der Waals surface area contributed by atoms with E-state index in [1.165, 1.54) is 31.4 Å². The van der Waals surface area contributed by atoms with E-state index in [2.05, 4.69) is 4.74 Å². The second kappa shape index (κ2) is 8.43. The number of hydrogen-bond acceptors (Lipinski definition) is 6. The van der Waals surface area contributed by atoms with Crippen LogP contribution in [0.15, 0.2) is 53.4 Å². The van der Waals surface area contributed by atoms with Gasteiger partial charge in [-0.2, -0.15) is 4.31 Å². The number of halogens is 1. The van der Waals surface area contributed by atoms with Crippen molar-refractivity contribution < 1.29 is 26.4 Å². The number of sulfonamides is 1. The summed E-state index contributed by atoms with van der Waals surface area (Å²) in [7, 11) is -6.26. The van der Waals surface area contributed by atoms with Gasteiger partial charge in [-0.15, -0.1) is 0 Å². The lowest BCUT2D eigenvalue weighted by molar-refractivity contribution is 0.0600. The summed E-state index contributed by atoms with van der Waals surface area (Å²) in [5.41, 5.74) is 0.708. The van der Waals surface area contributed by atoms with E-state index >= 15 is 0 Å². The van der Waals surface area contributed by atoms with Gasteiger partial charge in [-0.05, 0) is 42.3 Å². The predicted octanol–water partition coefficient (Wildman–Crippen LogP) is 2.68. The minimum absolute atomic E-state index is 0.0151. The summed E-state index contributed by atoms with van der Waals surface area (Å²) in [6.45, 7) is -0.111. The van der Waals surface area contributed by atoms with E-state index in [0.717, 1.165) is 4.31 Å². The standard InChI is InChI=1S/C19H20ClNO6S2/c1-27-19(22)14-6-8-15(9-7-14)29(25,26)21-11-10-18(28(23,24)13-12-21)16-4-2-3-5-17(16)20/h2-9,18H,10-13H2,1H3. The highest BCUT2D eigenvalue weighted by atomic mass is 35.5. The molecule has 1 unspecified atom stereocenters. The summed E-state index contributed by atoms with van der Waals surface area (Å²) in [6.07, 6.45) is 0.103. The monoisotopic (exact) mass is 457 g/mol. The molecular formula is C19H20ClNO6S2. The van der Waals surface area contributed by atoms with E-state index in [1.54, 1.807) is 24.3 Å². The van der Waals surface area contributed by atoms with Gasteiger partial charge < -0.3 is 4.74 Å². The van der Waals surface area contributed by atoms with E-state index in [-0.39, 0.29) is 35.7 Å². The highest BCUT2D eigenvalue weighted by Crippen LogP contribution is 2.34. The molecule has 2 aromatic rings. The first-order chi connectivity index (χ1) is 13.7. The maximum absolute atomic E-state index is 13.0. The van der Waals surface area contributed by atoms with Crippen molar-refractivity contribution in [1.29, 1.82) is 0 Å². The number of nitrogens with zero attached hydrogens (tertiary/aromatic N) is 1. The molecule has 1 heterocycles. The molecule has 0 saturated carbocycles. The molecule has 1 atom stereocenters. The minimum atomic E-state index is -3.92. The molecule has 1 aliphatic heterocycles. The summed E-state index contributed by atoms with van der Waals surface area (Å²) >= 11 is 6.18. The van der Waals surface area contributed by atoms with Crippen molar-refractivity contribution >= 4 is 37.4 Å². The van der Waals surface area contributed by atoms with E-state index in [4.69, 9.17) is 11.6 Å². The van der Waals surface area contributed by atoms with Crippen molar-refractivity contribution in [1.82, 2.24) is 4.31 Å². The molecule has 0 spiro atoms. The Morgan fingerprint density at radius 3 is 2.38 bits per heavy atom. The fourth-order valence-corrected chi connectivity index (χ4v) is 7.00. The number of ether oxygens (including phenoxy) is 1. The van der Waals surface area contributed by atoms with Crippen LogP contribution in [-0.4, -0.2) is 53.1 Å². The first-order valence-corrected chi connectivity index (χ1v) is 12.3. The zero-order valence-electron chi connectivity index (χ0n) is 15.6. The second-order valence-corrected chi connectivity index (χ2v) is 11.2. The van der Waals surface area contributed by atoms with Gasteiger partial charge in [-0.1, -0.05) is 29.8 Å². The van der Waals surface area contributed by atoms with E-state index in [0.29, 0.717) is 10.6 Å². The van der Waals surface area contributed by atoms with Crippen molar-refractivity contribution in [3.8, 4) is 0 Å². The Morgan fingerprint density at radius 1 is 1.10 bits per heavy atom. The number of methoxy groups -OCH3 is 1. The van der Waals surface area contributed by atoms with Crippen LogP contribution in [0.25, 0.3) is 0 Å². The number of hydrogen-bond donors (Lipinski definition) is 0. The van der Waals surface area contributed by atoms with Gasteiger partial charge in [0.2, 0.25) is 10.0 Å². The average Bonchev–Trinajstić information content (AvgIpc) is 2.86. The Balaban J connectivity index is 1.87. The number of sulfone groups is 1. The van der Waals surface area contributed by atoms with Gasteiger partial charge >= 0.3 is 5.97 Å². The molecule has 3 rings (SSSR count). The summed E-state index contributed by atoms with van der Waals surface area (Å²) < 4.78 is 57.3. The lowest BCUT2D eigenvalue weighted by Crippen LogP contribution is -2.33. The molecule has 0 aliphatic carbocycles. The molecular weight excluding hydrogens is 438 g/mol. The topological polar surface area (TPSA) is 97.8 Å². The number of carbonyl (C=O) groups excluding carboxylic acids is 1. The third kappa shape index (κ3) is 4.48. The van der Waals surface area contributed by atoms with Crippen molar-refractivity contribution in [3.63, 3.8) is 0 Å². The lowest BCUT2D eigenvalue weighted by atomic mass is 10.1. The number of esters is 1. The van der Waals surface area contributed by atoms with Crippen molar-refractivity contribution in [3.05, 3.63) is 64.7 Å². The highest BCUT2D eigenvalue weighted by Gasteiger charge is 2.36. The average molecular weight is 458 g/mol. The maximum Gasteiger partial charge on any atom is 0.337 e. The molecule has 0 radical (unpaired) electrons. The smallest absolute Gasteiger partial charge is 0.337 e. The molecule has 2 aromatic carbocycles. The van der Waals surface area contributed by atoms with Crippen LogP contribution in [-0.2, 0) is 24.6 Å². The summed E-state index contributed by atoms with van der Waals surface area (Å²) in [5.74, 6) is -0.875. The fourth-order valence-electron chi connectivity index (χ4n) is 3.28. The van der Waals surface area contributed by atoms with Crippen molar-refractivity contribution in [2.75, 3.05) is 26.0 Å². The number of rotatable bonds is 4. The zero-order valence-corrected chi connectivity index (χ0v) is 18.0. The Kier molecular flexibility index (Phi) is 6.33.